The minimum absolute atomic E-state index is 0.0735. The van der Waals surface area contributed by atoms with E-state index in [9.17, 15) is 18.5 Å². The second kappa shape index (κ2) is 5.67. The Hall–Kier alpha value is -1.18. The first kappa shape index (κ1) is 15.2. The summed E-state index contributed by atoms with van der Waals surface area (Å²) in [6.07, 6.45) is 3.19. The second-order valence-corrected chi connectivity index (χ2v) is 7.40. The van der Waals surface area contributed by atoms with Crippen LogP contribution in [-0.2, 0) is 10.0 Å². The summed E-state index contributed by atoms with van der Waals surface area (Å²) < 4.78 is 26.0. The van der Waals surface area contributed by atoms with Crippen molar-refractivity contribution >= 4 is 27.3 Å². The number of rotatable bonds is 5. The lowest BCUT2D eigenvalue weighted by molar-refractivity contribution is -0.384. The largest absolute Gasteiger partial charge is 0.289 e. The van der Waals surface area contributed by atoms with Gasteiger partial charge in [0.05, 0.1) is 9.82 Å². The number of nitro benzene ring substituents is 1. The highest BCUT2D eigenvalue weighted by Gasteiger charge is 2.28. The Bertz CT molecular complexity index is 628. The maximum atomic E-state index is 12.4. The fourth-order valence-corrected chi connectivity index (χ4v) is 3.56. The topological polar surface area (TPSA) is 80.5 Å². The van der Waals surface area contributed by atoms with Gasteiger partial charge in [0.1, 0.15) is 5.02 Å². The molecule has 6 nitrogen and oxygen atoms in total. The van der Waals surface area contributed by atoms with Crippen LogP contribution in [0.25, 0.3) is 0 Å². The average molecular weight is 319 g/mol. The molecule has 110 valence electrons. The summed E-state index contributed by atoms with van der Waals surface area (Å²) in [5.74, 6) is 0.386. The zero-order valence-corrected chi connectivity index (χ0v) is 12.5. The summed E-state index contributed by atoms with van der Waals surface area (Å²) in [7, 11) is -2.22. The number of halogens is 1. The van der Waals surface area contributed by atoms with Crippen LogP contribution in [0.1, 0.15) is 19.3 Å². The smallest absolute Gasteiger partial charge is 0.258 e. The number of hydrogen-bond acceptors (Lipinski definition) is 4. The summed E-state index contributed by atoms with van der Waals surface area (Å²) in [5.41, 5.74) is -0.398. The van der Waals surface area contributed by atoms with Crippen molar-refractivity contribution in [2.75, 3.05) is 13.6 Å². The first-order valence-corrected chi connectivity index (χ1v) is 8.04. The first-order chi connectivity index (χ1) is 9.32. The van der Waals surface area contributed by atoms with E-state index in [1.807, 2.05) is 0 Å². The summed E-state index contributed by atoms with van der Waals surface area (Å²) in [5, 5.41) is 10.7. The third-order valence-electron chi connectivity index (χ3n) is 3.56. The molecule has 0 N–H and O–H groups in total. The van der Waals surface area contributed by atoms with Crippen molar-refractivity contribution in [3.63, 3.8) is 0 Å². The Kier molecular flexibility index (Phi) is 4.31. The molecule has 0 unspecified atom stereocenters. The van der Waals surface area contributed by atoms with Gasteiger partial charge in [-0.05, 0) is 30.9 Å². The molecular weight excluding hydrogens is 304 g/mol. The first-order valence-electron chi connectivity index (χ1n) is 6.22. The van der Waals surface area contributed by atoms with Crippen LogP contribution in [0, 0.1) is 16.0 Å². The maximum Gasteiger partial charge on any atom is 0.289 e. The highest BCUT2D eigenvalue weighted by molar-refractivity contribution is 7.89. The molecule has 0 bridgehead atoms. The fraction of sp³-hybridized carbons (Fsp3) is 0.500. The van der Waals surface area contributed by atoms with E-state index in [0.29, 0.717) is 12.5 Å². The number of benzene rings is 1. The molecule has 1 saturated carbocycles. The number of hydrogen-bond donors (Lipinski definition) is 0. The molecule has 1 aliphatic rings. The molecule has 0 aromatic heterocycles. The lowest BCUT2D eigenvalue weighted by Gasteiger charge is -2.29. The van der Waals surface area contributed by atoms with Gasteiger partial charge in [0.15, 0.2) is 0 Å². The Labute approximate surface area is 122 Å². The van der Waals surface area contributed by atoms with Crippen molar-refractivity contribution < 1.29 is 13.3 Å². The van der Waals surface area contributed by atoms with Gasteiger partial charge in [-0.15, -0.1) is 0 Å². The molecule has 0 spiro atoms. The monoisotopic (exact) mass is 318 g/mol. The van der Waals surface area contributed by atoms with Crippen LogP contribution in [0.4, 0.5) is 5.69 Å². The van der Waals surface area contributed by atoms with E-state index in [-0.39, 0.29) is 9.92 Å². The number of nitrogens with zero attached hydrogens (tertiary/aromatic N) is 2. The predicted octanol–water partition coefficient (Wildman–Crippen LogP) is 2.67. The van der Waals surface area contributed by atoms with Crippen molar-refractivity contribution in [1.29, 1.82) is 0 Å². The van der Waals surface area contributed by atoms with Gasteiger partial charge in [0, 0.05) is 19.7 Å². The van der Waals surface area contributed by atoms with Crippen molar-refractivity contribution in [1.82, 2.24) is 4.31 Å². The molecule has 0 saturated heterocycles. The minimum Gasteiger partial charge on any atom is -0.258 e. The van der Waals surface area contributed by atoms with E-state index in [1.54, 1.807) is 0 Å². The molecule has 0 radical (unpaired) electrons. The number of sulfonamides is 1. The van der Waals surface area contributed by atoms with Crippen LogP contribution in [0.3, 0.4) is 0 Å². The normalized spacial score (nSPS) is 16.1. The lowest BCUT2D eigenvalue weighted by atomic mass is 9.86. The van der Waals surface area contributed by atoms with Gasteiger partial charge in [-0.2, -0.15) is 0 Å². The fourth-order valence-electron chi connectivity index (χ4n) is 2.11. The van der Waals surface area contributed by atoms with Gasteiger partial charge in [-0.25, -0.2) is 12.7 Å². The lowest BCUT2D eigenvalue weighted by Crippen LogP contribution is -2.34. The SMILES string of the molecule is CN(CC1CCC1)S(=O)(=O)c1ccc(Cl)c([N+](=O)[O-])c1. The molecule has 0 atom stereocenters. The van der Waals surface area contributed by atoms with Crippen LogP contribution in [-0.4, -0.2) is 31.2 Å². The second-order valence-electron chi connectivity index (χ2n) is 4.95. The standard InChI is InChI=1S/C12H15ClN2O4S/c1-14(8-9-3-2-4-9)20(18,19)10-5-6-11(13)12(7-10)15(16)17/h5-7,9H,2-4,8H2,1H3. The summed E-state index contributed by atoms with van der Waals surface area (Å²) in [4.78, 5) is 10.0. The van der Waals surface area contributed by atoms with Gasteiger partial charge in [0.25, 0.3) is 5.69 Å². The van der Waals surface area contributed by atoms with E-state index in [0.717, 1.165) is 25.3 Å². The molecule has 1 aromatic carbocycles. The van der Waals surface area contributed by atoms with Gasteiger partial charge in [-0.3, -0.25) is 10.1 Å². The molecular formula is C12H15ClN2O4S. The predicted molar refractivity (Wildman–Crippen MR) is 75.3 cm³/mol. The van der Waals surface area contributed by atoms with E-state index in [1.165, 1.54) is 23.5 Å². The quantitative estimate of drug-likeness (QED) is 0.617. The maximum absolute atomic E-state index is 12.4. The highest BCUT2D eigenvalue weighted by atomic mass is 35.5. The van der Waals surface area contributed by atoms with E-state index in [4.69, 9.17) is 11.6 Å². The van der Waals surface area contributed by atoms with Crippen molar-refractivity contribution in [2.45, 2.75) is 24.2 Å². The van der Waals surface area contributed by atoms with Crippen molar-refractivity contribution in [2.24, 2.45) is 5.92 Å². The molecule has 20 heavy (non-hydrogen) atoms. The molecule has 1 fully saturated rings. The van der Waals surface area contributed by atoms with E-state index < -0.39 is 20.6 Å². The zero-order chi connectivity index (χ0) is 14.9. The average Bonchev–Trinajstić information content (AvgIpc) is 2.33. The highest BCUT2D eigenvalue weighted by Crippen LogP contribution is 2.31. The molecule has 0 heterocycles. The van der Waals surface area contributed by atoms with Crippen molar-refractivity contribution in [3.05, 3.63) is 33.3 Å². The Morgan fingerprint density at radius 2 is 2.10 bits per heavy atom. The molecule has 8 heteroatoms. The Morgan fingerprint density at radius 3 is 2.60 bits per heavy atom. The molecule has 0 aliphatic heterocycles. The summed E-state index contributed by atoms with van der Waals surface area (Å²) >= 11 is 5.69. The molecule has 2 rings (SSSR count). The Morgan fingerprint density at radius 1 is 1.45 bits per heavy atom. The van der Waals surface area contributed by atoms with Crippen LogP contribution in [0.2, 0.25) is 5.02 Å². The molecule has 1 aromatic rings. The Balaban J connectivity index is 2.28. The van der Waals surface area contributed by atoms with Gasteiger partial charge >= 0.3 is 0 Å². The third kappa shape index (κ3) is 2.94. The number of nitro groups is 1. The molecule has 1 aliphatic carbocycles. The van der Waals surface area contributed by atoms with E-state index in [2.05, 4.69) is 0 Å². The van der Waals surface area contributed by atoms with Gasteiger partial charge in [0.2, 0.25) is 10.0 Å². The van der Waals surface area contributed by atoms with Gasteiger partial charge < -0.3 is 0 Å². The minimum atomic E-state index is -3.71. The van der Waals surface area contributed by atoms with Gasteiger partial charge in [-0.1, -0.05) is 18.0 Å². The van der Waals surface area contributed by atoms with Crippen LogP contribution < -0.4 is 0 Å². The van der Waals surface area contributed by atoms with E-state index >= 15 is 0 Å². The molecule has 0 amide bonds. The summed E-state index contributed by atoms with van der Waals surface area (Å²) in [6.45, 7) is 0.443. The zero-order valence-electron chi connectivity index (χ0n) is 11.0. The van der Waals surface area contributed by atoms with Crippen LogP contribution in [0.5, 0.6) is 0 Å². The summed E-state index contributed by atoms with van der Waals surface area (Å²) in [6, 6.07) is 3.54. The van der Waals surface area contributed by atoms with Crippen LogP contribution >= 0.6 is 11.6 Å². The van der Waals surface area contributed by atoms with Crippen LogP contribution in [0.15, 0.2) is 23.1 Å². The van der Waals surface area contributed by atoms with Crippen molar-refractivity contribution in [3.8, 4) is 0 Å². The third-order valence-corrected chi connectivity index (χ3v) is 5.70.